The molecular weight excluding hydrogens is 368 g/mol. The van der Waals surface area contributed by atoms with Crippen molar-refractivity contribution in [3.05, 3.63) is 76.8 Å². The number of benzene rings is 2. The fraction of sp³-hybridized carbons (Fsp3) is 0.158. The molecule has 2 aromatic carbocycles. The van der Waals surface area contributed by atoms with Gasteiger partial charge < -0.3 is 10.4 Å². The van der Waals surface area contributed by atoms with Crippen molar-refractivity contribution < 1.29 is 14.7 Å². The third-order valence-electron chi connectivity index (χ3n) is 3.94. The van der Waals surface area contributed by atoms with Crippen LogP contribution in [0.15, 0.2) is 54.6 Å². The summed E-state index contributed by atoms with van der Waals surface area (Å²) in [5.41, 5.74) is 1.30. The normalized spacial score (nSPS) is 11.8. The van der Waals surface area contributed by atoms with Gasteiger partial charge in [0.2, 0.25) is 5.82 Å². The highest BCUT2D eigenvalue weighted by Gasteiger charge is 2.22. The smallest absolute Gasteiger partial charge is 0.305 e. The van der Waals surface area contributed by atoms with Crippen molar-refractivity contribution >= 4 is 23.5 Å². The predicted octanol–water partition coefficient (Wildman–Crippen LogP) is 3.17. The van der Waals surface area contributed by atoms with Crippen molar-refractivity contribution in [1.29, 1.82) is 0 Å². The molecule has 27 heavy (non-hydrogen) atoms. The molecule has 0 spiro atoms. The molecule has 0 unspecified atom stereocenters. The Hall–Kier alpha value is -3.19. The van der Waals surface area contributed by atoms with Gasteiger partial charge in [-0.15, -0.1) is 5.10 Å². The Balaban J connectivity index is 1.86. The largest absolute Gasteiger partial charge is 0.481 e. The number of para-hydroxylation sites is 1. The van der Waals surface area contributed by atoms with Gasteiger partial charge in [-0.2, -0.15) is 0 Å². The molecular formula is C19H17ClN4O3. The molecule has 1 heterocycles. The van der Waals surface area contributed by atoms with Crippen LogP contribution in [0.25, 0.3) is 5.69 Å². The lowest BCUT2D eigenvalue weighted by Crippen LogP contribution is -2.31. The van der Waals surface area contributed by atoms with Gasteiger partial charge in [0, 0.05) is 0 Å². The SMILES string of the molecule is Cc1nc(C(=O)N[C@@H](CC(=O)O)c2ccccc2)nn1-c1ccccc1Cl. The van der Waals surface area contributed by atoms with Crippen LogP contribution in [0.1, 0.15) is 34.5 Å². The van der Waals surface area contributed by atoms with Crippen LogP contribution in [-0.4, -0.2) is 31.7 Å². The highest BCUT2D eigenvalue weighted by Crippen LogP contribution is 2.21. The minimum atomic E-state index is -1.02. The van der Waals surface area contributed by atoms with E-state index in [-0.39, 0.29) is 12.2 Å². The molecule has 2 N–H and O–H groups in total. The fourth-order valence-corrected chi connectivity index (χ4v) is 2.89. The van der Waals surface area contributed by atoms with E-state index in [0.717, 1.165) is 0 Å². The first kappa shape index (κ1) is 18.6. The highest BCUT2D eigenvalue weighted by atomic mass is 35.5. The standard InChI is InChI=1S/C19H17ClN4O3/c1-12-21-18(23-24(12)16-10-6-5-9-14(16)20)19(27)22-15(11-17(25)26)13-7-3-2-4-8-13/h2-10,15H,11H2,1H3,(H,22,27)(H,25,26)/t15-/m0/s1. The maximum Gasteiger partial charge on any atom is 0.305 e. The number of amides is 1. The number of carboxylic acids is 1. The summed E-state index contributed by atoms with van der Waals surface area (Å²) in [5.74, 6) is -1.14. The van der Waals surface area contributed by atoms with Gasteiger partial charge in [-0.05, 0) is 24.6 Å². The molecule has 1 amide bonds. The summed E-state index contributed by atoms with van der Waals surface area (Å²) in [4.78, 5) is 28.0. The lowest BCUT2D eigenvalue weighted by atomic mass is 10.0. The summed E-state index contributed by atoms with van der Waals surface area (Å²) in [6.07, 6.45) is -0.250. The quantitative estimate of drug-likeness (QED) is 0.680. The topological polar surface area (TPSA) is 97.1 Å². The number of aromatic nitrogens is 3. The third-order valence-corrected chi connectivity index (χ3v) is 4.26. The van der Waals surface area contributed by atoms with Gasteiger partial charge in [0.25, 0.3) is 5.91 Å². The molecule has 3 rings (SSSR count). The zero-order valence-electron chi connectivity index (χ0n) is 14.5. The minimum Gasteiger partial charge on any atom is -0.481 e. The molecule has 1 aromatic heterocycles. The van der Waals surface area contributed by atoms with Crippen LogP contribution in [0.5, 0.6) is 0 Å². The molecule has 3 aromatic rings. The number of carboxylic acid groups (broad SMARTS) is 1. The molecule has 0 aliphatic rings. The Kier molecular flexibility index (Phi) is 5.52. The van der Waals surface area contributed by atoms with Crippen molar-refractivity contribution in [2.45, 2.75) is 19.4 Å². The monoisotopic (exact) mass is 384 g/mol. The second-order valence-electron chi connectivity index (χ2n) is 5.88. The number of nitrogens with zero attached hydrogens (tertiary/aromatic N) is 3. The van der Waals surface area contributed by atoms with Gasteiger partial charge in [0.05, 0.1) is 23.2 Å². The average molecular weight is 385 g/mol. The summed E-state index contributed by atoms with van der Waals surface area (Å²) < 4.78 is 1.48. The van der Waals surface area contributed by atoms with Gasteiger partial charge in [-0.3, -0.25) is 9.59 Å². The Morgan fingerprint density at radius 1 is 1.15 bits per heavy atom. The zero-order valence-corrected chi connectivity index (χ0v) is 15.2. The van der Waals surface area contributed by atoms with Crippen molar-refractivity contribution in [2.24, 2.45) is 0 Å². The van der Waals surface area contributed by atoms with Crippen LogP contribution in [-0.2, 0) is 4.79 Å². The molecule has 0 aliphatic heterocycles. The Labute approximate surface area is 160 Å². The van der Waals surface area contributed by atoms with Gasteiger partial charge in [0.15, 0.2) is 0 Å². The lowest BCUT2D eigenvalue weighted by molar-refractivity contribution is -0.137. The number of rotatable bonds is 6. The average Bonchev–Trinajstić information content (AvgIpc) is 3.03. The molecule has 0 saturated carbocycles. The number of carbonyl (C=O) groups excluding carboxylic acids is 1. The first-order valence-corrected chi connectivity index (χ1v) is 8.59. The van der Waals surface area contributed by atoms with Gasteiger partial charge >= 0.3 is 5.97 Å². The van der Waals surface area contributed by atoms with Crippen LogP contribution >= 0.6 is 11.6 Å². The third kappa shape index (κ3) is 4.32. The Morgan fingerprint density at radius 2 is 1.81 bits per heavy atom. The summed E-state index contributed by atoms with van der Waals surface area (Å²) in [5, 5.41) is 16.6. The summed E-state index contributed by atoms with van der Waals surface area (Å²) in [6, 6.07) is 15.3. The van der Waals surface area contributed by atoms with E-state index in [2.05, 4.69) is 15.4 Å². The molecule has 0 radical (unpaired) electrons. The van der Waals surface area contributed by atoms with Crippen LogP contribution < -0.4 is 5.32 Å². The minimum absolute atomic E-state index is 0.0567. The van der Waals surface area contributed by atoms with Crippen molar-refractivity contribution in [3.63, 3.8) is 0 Å². The van der Waals surface area contributed by atoms with Crippen LogP contribution in [0.2, 0.25) is 5.02 Å². The molecule has 1 atom stereocenters. The molecule has 0 aliphatic carbocycles. The molecule has 138 valence electrons. The lowest BCUT2D eigenvalue weighted by Gasteiger charge is -2.16. The van der Waals surface area contributed by atoms with E-state index in [0.29, 0.717) is 22.1 Å². The van der Waals surface area contributed by atoms with E-state index in [9.17, 15) is 9.59 Å². The number of hydrogen-bond donors (Lipinski definition) is 2. The number of hydrogen-bond acceptors (Lipinski definition) is 4. The maximum atomic E-state index is 12.6. The number of aliphatic carboxylic acids is 1. The van der Waals surface area contributed by atoms with Crippen LogP contribution in [0.3, 0.4) is 0 Å². The Bertz CT molecular complexity index is 972. The summed E-state index contributed by atoms with van der Waals surface area (Å²) >= 11 is 6.19. The molecule has 0 saturated heterocycles. The van der Waals surface area contributed by atoms with E-state index in [1.165, 1.54) is 4.68 Å². The second kappa shape index (κ2) is 8.01. The van der Waals surface area contributed by atoms with E-state index in [1.54, 1.807) is 55.5 Å². The summed E-state index contributed by atoms with van der Waals surface area (Å²) in [7, 11) is 0. The van der Waals surface area contributed by atoms with Crippen LogP contribution in [0, 0.1) is 6.92 Å². The first-order valence-electron chi connectivity index (χ1n) is 8.22. The second-order valence-corrected chi connectivity index (χ2v) is 6.29. The van der Waals surface area contributed by atoms with Gasteiger partial charge in [0.1, 0.15) is 5.82 Å². The van der Waals surface area contributed by atoms with E-state index in [4.69, 9.17) is 16.7 Å². The molecule has 7 nitrogen and oxygen atoms in total. The molecule has 0 bridgehead atoms. The van der Waals surface area contributed by atoms with E-state index < -0.39 is 17.9 Å². The fourth-order valence-electron chi connectivity index (χ4n) is 2.67. The maximum absolute atomic E-state index is 12.6. The number of halogens is 1. The van der Waals surface area contributed by atoms with E-state index in [1.807, 2.05) is 6.07 Å². The predicted molar refractivity (Wildman–Crippen MR) is 100 cm³/mol. The van der Waals surface area contributed by atoms with Gasteiger partial charge in [-0.1, -0.05) is 54.1 Å². The van der Waals surface area contributed by atoms with Crippen molar-refractivity contribution in [2.75, 3.05) is 0 Å². The zero-order chi connectivity index (χ0) is 19.4. The highest BCUT2D eigenvalue weighted by molar-refractivity contribution is 6.32. The molecule has 8 heteroatoms. The van der Waals surface area contributed by atoms with Crippen molar-refractivity contribution in [1.82, 2.24) is 20.1 Å². The van der Waals surface area contributed by atoms with Gasteiger partial charge in [-0.25, -0.2) is 9.67 Å². The number of aryl methyl sites for hydroxylation is 1. The number of carbonyl (C=O) groups is 2. The Morgan fingerprint density at radius 3 is 2.48 bits per heavy atom. The van der Waals surface area contributed by atoms with Crippen LogP contribution in [0.4, 0.5) is 0 Å². The first-order chi connectivity index (χ1) is 13.0. The number of nitrogens with one attached hydrogen (secondary N) is 1. The molecule has 0 fully saturated rings. The summed E-state index contributed by atoms with van der Waals surface area (Å²) in [6.45, 7) is 1.71. The van der Waals surface area contributed by atoms with Crippen molar-refractivity contribution in [3.8, 4) is 5.69 Å². The van der Waals surface area contributed by atoms with E-state index >= 15 is 0 Å².